The van der Waals surface area contributed by atoms with Crippen LogP contribution < -0.4 is 10.2 Å². The van der Waals surface area contributed by atoms with Gasteiger partial charge in [0.05, 0.1) is 33.3 Å². The Balaban J connectivity index is 1.26. The zero-order valence-electron chi connectivity index (χ0n) is 18.2. The van der Waals surface area contributed by atoms with Crippen LogP contribution >= 0.6 is 35.0 Å². The van der Waals surface area contributed by atoms with E-state index >= 15 is 0 Å². The summed E-state index contributed by atoms with van der Waals surface area (Å²) >= 11 is 14.0. The third-order valence-corrected chi connectivity index (χ3v) is 7.52. The summed E-state index contributed by atoms with van der Waals surface area (Å²) in [5.41, 5.74) is 3.00. The molecule has 2 N–H and O–H groups in total. The number of para-hydroxylation sites is 1. The van der Waals surface area contributed by atoms with Gasteiger partial charge in [-0.3, -0.25) is 14.6 Å². The van der Waals surface area contributed by atoms with E-state index in [-0.39, 0.29) is 12.0 Å². The average molecular weight is 516 g/mol. The molecule has 176 valence electrons. The summed E-state index contributed by atoms with van der Waals surface area (Å²) in [6.07, 6.45) is 3.04. The first-order chi connectivity index (χ1) is 16.5. The van der Waals surface area contributed by atoms with Crippen LogP contribution in [0.1, 0.15) is 28.8 Å². The molecule has 34 heavy (non-hydrogen) atoms. The van der Waals surface area contributed by atoms with Crippen LogP contribution in [0.15, 0.2) is 53.7 Å². The van der Waals surface area contributed by atoms with E-state index in [0.717, 1.165) is 38.2 Å². The fourth-order valence-electron chi connectivity index (χ4n) is 4.08. The Morgan fingerprint density at radius 3 is 2.50 bits per heavy atom. The molecule has 1 aromatic heterocycles. The number of carbonyl (C=O) groups excluding carboxylic acids is 1. The van der Waals surface area contributed by atoms with Crippen LogP contribution in [0.2, 0.25) is 10.0 Å². The number of aliphatic hydroxyl groups excluding tert-OH is 1. The molecular weight excluding hydrogens is 493 g/mol. The number of carbonyl (C=O) groups is 1. The van der Waals surface area contributed by atoms with E-state index in [0.29, 0.717) is 38.1 Å². The lowest BCUT2D eigenvalue weighted by atomic mass is 10.1. The predicted molar refractivity (Wildman–Crippen MR) is 136 cm³/mol. The minimum atomic E-state index is -0.232. The van der Waals surface area contributed by atoms with Crippen molar-refractivity contribution in [3.63, 3.8) is 0 Å². The van der Waals surface area contributed by atoms with Crippen molar-refractivity contribution in [3.05, 3.63) is 69.8 Å². The van der Waals surface area contributed by atoms with Gasteiger partial charge in [-0.15, -0.1) is 0 Å². The van der Waals surface area contributed by atoms with Gasteiger partial charge in [0.25, 0.3) is 5.91 Å². The van der Waals surface area contributed by atoms with E-state index in [1.165, 1.54) is 23.5 Å². The third kappa shape index (κ3) is 5.01. The lowest BCUT2D eigenvalue weighted by Gasteiger charge is -2.29. The minimum absolute atomic E-state index is 0.162. The summed E-state index contributed by atoms with van der Waals surface area (Å²) in [7, 11) is 0. The van der Waals surface area contributed by atoms with Crippen LogP contribution in [0.25, 0.3) is 0 Å². The van der Waals surface area contributed by atoms with Gasteiger partial charge in [-0.25, -0.2) is 9.97 Å². The van der Waals surface area contributed by atoms with Crippen LogP contribution in [-0.4, -0.2) is 51.0 Å². The fourth-order valence-corrected chi connectivity index (χ4v) is 5.63. The second-order valence-electron chi connectivity index (χ2n) is 8.32. The third-order valence-electron chi connectivity index (χ3n) is 5.94. The number of amides is 1. The summed E-state index contributed by atoms with van der Waals surface area (Å²) in [4.78, 5) is 25.9. The molecule has 3 heterocycles. The molecule has 1 saturated heterocycles. The number of thioether (sulfide) groups is 1. The number of hydrogen-bond donors (Lipinski definition) is 2. The van der Waals surface area contributed by atoms with Gasteiger partial charge in [-0.1, -0.05) is 53.2 Å². The van der Waals surface area contributed by atoms with E-state index < -0.39 is 0 Å². The summed E-state index contributed by atoms with van der Waals surface area (Å²) in [6, 6.07) is 13.3. The molecule has 2 aliphatic heterocycles. The highest BCUT2D eigenvalue weighted by atomic mass is 35.5. The van der Waals surface area contributed by atoms with Crippen LogP contribution in [0.4, 0.5) is 17.3 Å². The minimum Gasteiger partial charge on any atom is -0.393 e. The molecule has 7 nitrogen and oxygen atoms in total. The van der Waals surface area contributed by atoms with Crippen LogP contribution in [0.3, 0.4) is 0 Å². The van der Waals surface area contributed by atoms with Crippen molar-refractivity contribution in [2.45, 2.75) is 30.5 Å². The van der Waals surface area contributed by atoms with Gasteiger partial charge in [-0.05, 0) is 42.7 Å². The number of nitrogens with one attached hydrogen (secondary N) is 1. The highest BCUT2D eigenvalue weighted by molar-refractivity contribution is 7.99. The lowest BCUT2D eigenvalue weighted by molar-refractivity contribution is 0.0792. The highest BCUT2D eigenvalue weighted by Crippen LogP contribution is 2.39. The average Bonchev–Trinajstić information content (AvgIpc) is 2.83. The van der Waals surface area contributed by atoms with E-state index in [9.17, 15) is 9.90 Å². The lowest BCUT2D eigenvalue weighted by Crippen LogP contribution is -2.35. The Labute approximate surface area is 212 Å². The highest BCUT2D eigenvalue weighted by Gasteiger charge is 2.30. The first kappa shape index (κ1) is 23.4. The standard InChI is InChI=1S/C24H23Cl2N5O2S/c25-19-2-1-3-20(26)21(19)31-14-34-22-18(23(31)33)12-27-24(29-22)28-16-6-4-15(5-7-16)13-30-10-8-17(32)9-11-30/h1-7,12,17,32H,8-11,13-14H2,(H,27,28,29). The summed E-state index contributed by atoms with van der Waals surface area (Å²) < 4.78 is 0. The largest absolute Gasteiger partial charge is 0.393 e. The van der Waals surface area contributed by atoms with Crippen LogP contribution in [0, 0.1) is 0 Å². The monoisotopic (exact) mass is 515 g/mol. The van der Waals surface area contributed by atoms with Crippen molar-refractivity contribution in [2.75, 3.05) is 29.2 Å². The van der Waals surface area contributed by atoms with Crippen molar-refractivity contribution in [3.8, 4) is 0 Å². The number of piperidine rings is 1. The Morgan fingerprint density at radius 2 is 1.79 bits per heavy atom. The van der Waals surface area contributed by atoms with Gasteiger partial charge < -0.3 is 10.4 Å². The molecule has 2 aliphatic rings. The van der Waals surface area contributed by atoms with Gasteiger partial charge in [-0.2, -0.15) is 0 Å². The molecule has 0 radical (unpaired) electrons. The molecule has 1 fully saturated rings. The van der Waals surface area contributed by atoms with Crippen molar-refractivity contribution in [1.29, 1.82) is 0 Å². The van der Waals surface area contributed by atoms with Crippen molar-refractivity contribution < 1.29 is 9.90 Å². The predicted octanol–water partition coefficient (Wildman–Crippen LogP) is 5.19. The molecule has 0 spiro atoms. The zero-order valence-corrected chi connectivity index (χ0v) is 20.6. The quantitative estimate of drug-likeness (QED) is 0.452. The Bertz CT molecular complexity index is 1180. The summed E-state index contributed by atoms with van der Waals surface area (Å²) in [6.45, 7) is 2.70. The van der Waals surface area contributed by atoms with E-state index in [4.69, 9.17) is 23.2 Å². The molecule has 10 heteroatoms. The fraction of sp³-hybridized carbons (Fsp3) is 0.292. The second-order valence-corrected chi connectivity index (χ2v) is 10.1. The number of benzene rings is 2. The Kier molecular flexibility index (Phi) is 6.94. The number of rotatable bonds is 5. The number of fused-ring (bicyclic) bond motifs is 1. The van der Waals surface area contributed by atoms with Gasteiger partial charge in [0.15, 0.2) is 0 Å². The molecule has 0 saturated carbocycles. The molecular formula is C24H23Cl2N5O2S. The number of nitrogens with zero attached hydrogens (tertiary/aromatic N) is 4. The van der Waals surface area contributed by atoms with Crippen molar-refractivity contribution in [1.82, 2.24) is 14.9 Å². The topological polar surface area (TPSA) is 81.6 Å². The smallest absolute Gasteiger partial charge is 0.263 e. The number of halogens is 2. The number of anilines is 3. The van der Waals surface area contributed by atoms with E-state index in [1.54, 1.807) is 23.1 Å². The van der Waals surface area contributed by atoms with E-state index in [2.05, 4.69) is 32.3 Å². The number of aromatic nitrogens is 2. The molecule has 0 atom stereocenters. The zero-order chi connectivity index (χ0) is 23.7. The van der Waals surface area contributed by atoms with E-state index in [1.807, 2.05) is 12.1 Å². The maximum atomic E-state index is 13.1. The number of aliphatic hydroxyl groups is 1. The maximum absolute atomic E-state index is 13.1. The molecule has 1 amide bonds. The van der Waals surface area contributed by atoms with Crippen molar-refractivity contribution >= 4 is 58.2 Å². The van der Waals surface area contributed by atoms with Crippen LogP contribution in [0.5, 0.6) is 0 Å². The van der Waals surface area contributed by atoms with Crippen LogP contribution in [-0.2, 0) is 6.54 Å². The molecule has 0 bridgehead atoms. The molecule has 2 aromatic carbocycles. The van der Waals surface area contributed by atoms with Crippen molar-refractivity contribution in [2.24, 2.45) is 0 Å². The second kappa shape index (κ2) is 10.1. The Morgan fingerprint density at radius 1 is 1.09 bits per heavy atom. The first-order valence-corrected chi connectivity index (χ1v) is 12.7. The Hall–Kier alpha value is -2.36. The molecule has 0 unspecified atom stereocenters. The summed E-state index contributed by atoms with van der Waals surface area (Å²) in [5.74, 6) is 0.555. The molecule has 3 aromatic rings. The maximum Gasteiger partial charge on any atom is 0.263 e. The van der Waals surface area contributed by atoms with Gasteiger partial charge in [0.2, 0.25) is 5.95 Å². The van der Waals surface area contributed by atoms with Gasteiger partial charge >= 0.3 is 0 Å². The van der Waals surface area contributed by atoms with Gasteiger partial charge in [0, 0.05) is 31.5 Å². The van der Waals surface area contributed by atoms with Gasteiger partial charge in [0.1, 0.15) is 5.03 Å². The SMILES string of the molecule is O=C1c2cnc(Nc3ccc(CN4CCC(O)CC4)cc3)nc2SCN1c1c(Cl)cccc1Cl. The number of hydrogen-bond acceptors (Lipinski definition) is 7. The first-order valence-electron chi connectivity index (χ1n) is 11.0. The summed E-state index contributed by atoms with van der Waals surface area (Å²) in [5, 5.41) is 14.3. The normalized spacial score (nSPS) is 17.0. The molecule has 5 rings (SSSR count). The molecule has 0 aliphatic carbocycles. The number of likely N-dealkylation sites (tertiary alicyclic amines) is 1.